The van der Waals surface area contributed by atoms with Crippen molar-refractivity contribution in [3.05, 3.63) is 120 Å². The summed E-state index contributed by atoms with van der Waals surface area (Å²) in [6.07, 6.45) is 1.31. The molecule has 0 saturated carbocycles. The van der Waals surface area contributed by atoms with Gasteiger partial charge in [0.05, 0.1) is 24.5 Å². The second-order valence-corrected chi connectivity index (χ2v) is 7.97. The topological polar surface area (TPSA) is 113 Å². The maximum atomic E-state index is 12.7. The van der Waals surface area contributed by atoms with Crippen molar-refractivity contribution in [3.8, 4) is 23.0 Å². The van der Waals surface area contributed by atoms with Gasteiger partial charge in [0.15, 0.2) is 6.61 Å². The van der Waals surface area contributed by atoms with E-state index >= 15 is 0 Å². The number of rotatable bonds is 10. The Morgan fingerprint density at radius 3 is 1.90 bits per heavy atom. The molecule has 0 heterocycles. The lowest BCUT2D eigenvalue weighted by molar-refractivity contribution is -0.123. The van der Waals surface area contributed by atoms with Gasteiger partial charge in [0.2, 0.25) is 0 Å². The average molecular weight is 525 g/mol. The normalized spacial score (nSPS) is 10.5. The Bertz CT molecular complexity index is 1450. The number of carbonyl (C=O) groups excluding carboxylic acids is 3. The largest absolute Gasteiger partial charge is 0.497 e. The fourth-order valence-corrected chi connectivity index (χ4v) is 3.27. The summed E-state index contributed by atoms with van der Waals surface area (Å²) in [4.78, 5) is 37.3. The number of amides is 1. The molecular formula is C30H24N2O7. The summed E-state index contributed by atoms with van der Waals surface area (Å²) in [7, 11) is 1.56. The Labute approximate surface area is 224 Å². The van der Waals surface area contributed by atoms with Crippen LogP contribution in [0.5, 0.6) is 23.0 Å². The highest BCUT2D eigenvalue weighted by atomic mass is 16.5. The van der Waals surface area contributed by atoms with Gasteiger partial charge in [0, 0.05) is 11.6 Å². The first-order valence-electron chi connectivity index (χ1n) is 11.8. The molecule has 1 amide bonds. The third kappa shape index (κ3) is 7.77. The van der Waals surface area contributed by atoms with Gasteiger partial charge in [-0.05, 0) is 60.7 Å². The number of hydrazone groups is 1. The summed E-state index contributed by atoms with van der Waals surface area (Å²) in [5.74, 6) is -0.288. The van der Waals surface area contributed by atoms with Gasteiger partial charge < -0.3 is 18.9 Å². The van der Waals surface area contributed by atoms with Crippen LogP contribution in [-0.2, 0) is 4.79 Å². The van der Waals surface area contributed by atoms with E-state index in [0.717, 1.165) is 0 Å². The maximum absolute atomic E-state index is 12.7. The predicted octanol–water partition coefficient (Wildman–Crippen LogP) is 4.66. The molecule has 9 heteroatoms. The summed E-state index contributed by atoms with van der Waals surface area (Å²) in [5.41, 5.74) is 3.41. The van der Waals surface area contributed by atoms with Crippen molar-refractivity contribution in [2.75, 3.05) is 13.7 Å². The number of carbonyl (C=O) groups is 3. The van der Waals surface area contributed by atoms with Gasteiger partial charge in [0.25, 0.3) is 5.91 Å². The summed E-state index contributed by atoms with van der Waals surface area (Å²) in [6, 6.07) is 28.1. The number of hydrogen-bond donors (Lipinski definition) is 1. The highest BCUT2D eigenvalue weighted by Crippen LogP contribution is 2.26. The zero-order valence-electron chi connectivity index (χ0n) is 20.9. The van der Waals surface area contributed by atoms with Gasteiger partial charge in [-0.1, -0.05) is 36.4 Å². The first-order chi connectivity index (χ1) is 19.0. The third-order valence-corrected chi connectivity index (χ3v) is 5.24. The van der Waals surface area contributed by atoms with E-state index in [0.29, 0.717) is 28.2 Å². The average Bonchev–Trinajstić information content (AvgIpc) is 2.98. The Balaban J connectivity index is 1.45. The van der Waals surface area contributed by atoms with Crippen molar-refractivity contribution in [1.82, 2.24) is 5.43 Å². The van der Waals surface area contributed by atoms with Gasteiger partial charge in [-0.15, -0.1) is 0 Å². The second-order valence-electron chi connectivity index (χ2n) is 7.97. The molecule has 0 fully saturated rings. The van der Waals surface area contributed by atoms with Crippen molar-refractivity contribution < 1.29 is 33.3 Å². The Morgan fingerprint density at radius 2 is 1.28 bits per heavy atom. The van der Waals surface area contributed by atoms with Crippen LogP contribution >= 0.6 is 0 Å². The van der Waals surface area contributed by atoms with Crippen LogP contribution in [0.15, 0.2) is 108 Å². The Morgan fingerprint density at radius 1 is 0.718 bits per heavy atom. The van der Waals surface area contributed by atoms with Crippen LogP contribution < -0.4 is 24.4 Å². The van der Waals surface area contributed by atoms with Crippen molar-refractivity contribution >= 4 is 24.1 Å². The first kappa shape index (κ1) is 26.6. The van der Waals surface area contributed by atoms with Crippen LogP contribution in [0.4, 0.5) is 0 Å². The van der Waals surface area contributed by atoms with E-state index in [1.54, 1.807) is 98.1 Å². The first-order valence-corrected chi connectivity index (χ1v) is 11.8. The Hall–Kier alpha value is -5.44. The number of nitrogens with zero attached hydrogens (tertiary/aromatic N) is 1. The molecule has 0 aliphatic rings. The zero-order chi connectivity index (χ0) is 27.5. The molecule has 0 atom stereocenters. The second kappa shape index (κ2) is 13.2. The van der Waals surface area contributed by atoms with E-state index in [1.807, 2.05) is 0 Å². The van der Waals surface area contributed by atoms with Gasteiger partial charge >= 0.3 is 11.9 Å². The molecule has 0 saturated heterocycles. The van der Waals surface area contributed by atoms with Gasteiger partial charge in [-0.3, -0.25) is 4.79 Å². The number of methoxy groups -OCH3 is 1. The summed E-state index contributed by atoms with van der Waals surface area (Å²) in [5, 5.41) is 3.94. The minimum atomic E-state index is -0.617. The van der Waals surface area contributed by atoms with Crippen molar-refractivity contribution in [3.63, 3.8) is 0 Å². The lowest BCUT2D eigenvalue weighted by Crippen LogP contribution is -2.24. The number of ether oxygens (including phenoxy) is 4. The van der Waals surface area contributed by atoms with Gasteiger partial charge in [0.1, 0.15) is 23.0 Å². The molecule has 4 aromatic carbocycles. The van der Waals surface area contributed by atoms with Crippen LogP contribution in [0.3, 0.4) is 0 Å². The number of esters is 2. The number of benzene rings is 4. The minimum absolute atomic E-state index is 0.0784. The molecule has 0 aromatic heterocycles. The Kier molecular flexibility index (Phi) is 9.01. The molecule has 1 N–H and O–H groups in total. The standard InChI is InChI=1S/C30H24N2O7/c1-36-24-14-16-25(17-15-24)37-20-28(33)32-31-19-23-12-13-26(38-29(34)21-8-4-2-5-9-21)18-27(23)39-30(35)22-10-6-3-7-11-22/h2-19H,20H2,1H3,(H,32,33)/b31-19-. The molecule has 196 valence electrons. The van der Waals surface area contributed by atoms with E-state index in [4.69, 9.17) is 18.9 Å². The number of nitrogens with one attached hydrogen (secondary N) is 1. The van der Waals surface area contributed by atoms with Crippen LogP contribution in [0.2, 0.25) is 0 Å². The van der Waals surface area contributed by atoms with E-state index in [-0.39, 0.29) is 18.1 Å². The molecule has 39 heavy (non-hydrogen) atoms. The maximum Gasteiger partial charge on any atom is 0.343 e. The molecule has 9 nitrogen and oxygen atoms in total. The van der Waals surface area contributed by atoms with Crippen LogP contribution in [0.1, 0.15) is 26.3 Å². The molecule has 0 radical (unpaired) electrons. The monoisotopic (exact) mass is 524 g/mol. The van der Waals surface area contributed by atoms with Gasteiger partial charge in [-0.25, -0.2) is 15.0 Å². The molecule has 0 aliphatic heterocycles. The molecule has 0 unspecified atom stereocenters. The molecule has 4 rings (SSSR count). The lowest BCUT2D eigenvalue weighted by atomic mass is 10.2. The molecule has 4 aromatic rings. The van der Waals surface area contributed by atoms with Crippen LogP contribution in [0, 0.1) is 0 Å². The van der Waals surface area contributed by atoms with Crippen molar-refractivity contribution in [2.24, 2.45) is 5.10 Å². The minimum Gasteiger partial charge on any atom is -0.497 e. The van der Waals surface area contributed by atoms with Crippen molar-refractivity contribution in [1.29, 1.82) is 0 Å². The predicted molar refractivity (Wildman–Crippen MR) is 143 cm³/mol. The highest BCUT2D eigenvalue weighted by molar-refractivity contribution is 5.94. The summed E-state index contributed by atoms with van der Waals surface area (Å²) < 4.78 is 21.5. The highest BCUT2D eigenvalue weighted by Gasteiger charge is 2.15. The molecule has 0 bridgehead atoms. The van der Waals surface area contributed by atoms with Gasteiger partial charge in [-0.2, -0.15) is 5.10 Å². The fourth-order valence-electron chi connectivity index (χ4n) is 3.27. The molecule has 0 spiro atoms. The van der Waals surface area contributed by atoms with E-state index in [9.17, 15) is 14.4 Å². The molecular weight excluding hydrogens is 500 g/mol. The van der Waals surface area contributed by atoms with E-state index < -0.39 is 17.8 Å². The zero-order valence-corrected chi connectivity index (χ0v) is 20.9. The van der Waals surface area contributed by atoms with E-state index in [1.165, 1.54) is 18.3 Å². The quantitative estimate of drug-likeness (QED) is 0.139. The van der Waals surface area contributed by atoms with E-state index in [2.05, 4.69) is 10.5 Å². The van der Waals surface area contributed by atoms with Crippen molar-refractivity contribution in [2.45, 2.75) is 0 Å². The number of hydrogen-bond acceptors (Lipinski definition) is 8. The summed E-state index contributed by atoms with van der Waals surface area (Å²) >= 11 is 0. The smallest absolute Gasteiger partial charge is 0.343 e. The third-order valence-electron chi connectivity index (χ3n) is 5.24. The summed E-state index contributed by atoms with van der Waals surface area (Å²) in [6.45, 7) is -0.270. The SMILES string of the molecule is COc1ccc(OCC(=O)N/N=C\c2ccc(OC(=O)c3ccccc3)cc2OC(=O)c2ccccc2)cc1. The van der Waals surface area contributed by atoms with Crippen LogP contribution in [-0.4, -0.2) is 37.8 Å². The lowest BCUT2D eigenvalue weighted by Gasteiger charge is -2.11. The molecule has 0 aliphatic carbocycles. The van der Waals surface area contributed by atoms with Crippen LogP contribution in [0.25, 0.3) is 0 Å². The fraction of sp³-hybridized carbons (Fsp3) is 0.0667.